The first-order valence-corrected chi connectivity index (χ1v) is 7.33. The number of aryl methyl sites for hydroxylation is 2. The van der Waals surface area contributed by atoms with Gasteiger partial charge in [0.1, 0.15) is 5.69 Å². The first kappa shape index (κ1) is 13.5. The highest BCUT2D eigenvalue weighted by Gasteiger charge is 2.11. The Kier molecular flexibility index (Phi) is 3.53. The van der Waals surface area contributed by atoms with E-state index in [1.165, 1.54) is 11.3 Å². The number of rotatable bonds is 3. The van der Waals surface area contributed by atoms with Gasteiger partial charge in [0, 0.05) is 30.4 Å². The number of aromatic nitrogens is 3. The second-order valence-corrected chi connectivity index (χ2v) is 5.58. The summed E-state index contributed by atoms with van der Waals surface area (Å²) in [7, 11) is 1.91. The van der Waals surface area contributed by atoms with Crippen LogP contribution >= 0.6 is 11.3 Å². The van der Waals surface area contributed by atoms with Crippen molar-refractivity contribution < 1.29 is 4.79 Å². The maximum atomic E-state index is 12.1. The molecule has 0 fully saturated rings. The van der Waals surface area contributed by atoms with Crippen LogP contribution in [0.5, 0.6) is 0 Å². The highest BCUT2D eigenvalue weighted by Crippen LogP contribution is 2.23. The van der Waals surface area contributed by atoms with Crippen molar-refractivity contribution >= 4 is 22.4 Å². The molecule has 0 aliphatic carbocycles. The molecule has 0 unspecified atom stereocenters. The molecule has 21 heavy (non-hydrogen) atoms. The summed E-state index contributed by atoms with van der Waals surface area (Å²) < 4.78 is 1.89. The molecule has 0 radical (unpaired) electrons. The Bertz CT molecular complexity index is 773. The van der Waals surface area contributed by atoms with Crippen LogP contribution in [0.4, 0.5) is 5.13 Å². The number of anilines is 1. The van der Waals surface area contributed by atoms with Crippen LogP contribution in [-0.2, 0) is 7.05 Å². The normalized spacial score (nSPS) is 10.6. The molecule has 1 aromatic carbocycles. The molecule has 0 spiro atoms. The fourth-order valence-electron chi connectivity index (χ4n) is 1.92. The van der Waals surface area contributed by atoms with Crippen molar-refractivity contribution in [1.82, 2.24) is 14.5 Å². The molecule has 106 valence electrons. The summed E-state index contributed by atoms with van der Waals surface area (Å²) in [5.41, 5.74) is 2.50. The van der Waals surface area contributed by atoms with Gasteiger partial charge in [-0.05, 0) is 19.1 Å². The Morgan fingerprint density at radius 2 is 2.05 bits per heavy atom. The Morgan fingerprint density at radius 3 is 2.71 bits per heavy atom. The fourth-order valence-corrected chi connectivity index (χ4v) is 2.60. The van der Waals surface area contributed by atoms with Crippen LogP contribution in [0, 0.1) is 6.92 Å². The van der Waals surface area contributed by atoms with Crippen LogP contribution < -0.4 is 5.32 Å². The van der Waals surface area contributed by atoms with E-state index < -0.39 is 0 Å². The van der Waals surface area contributed by atoms with Gasteiger partial charge in [0.25, 0.3) is 5.91 Å². The van der Waals surface area contributed by atoms with Gasteiger partial charge in [0.05, 0.1) is 0 Å². The van der Waals surface area contributed by atoms with Crippen LogP contribution in [0.3, 0.4) is 0 Å². The predicted molar refractivity (Wildman–Crippen MR) is 83.4 cm³/mol. The highest BCUT2D eigenvalue weighted by atomic mass is 32.1. The number of nitrogens with zero attached hydrogens (tertiary/aromatic N) is 3. The maximum Gasteiger partial charge on any atom is 0.257 e. The van der Waals surface area contributed by atoms with Crippen molar-refractivity contribution in [1.29, 1.82) is 0 Å². The third-order valence-electron chi connectivity index (χ3n) is 3.09. The molecule has 6 heteroatoms. The van der Waals surface area contributed by atoms with E-state index in [-0.39, 0.29) is 5.91 Å². The Balaban J connectivity index is 1.77. The van der Waals surface area contributed by atoms with Crippen LogP contribution in [0.1, 0.15) is 15.9 Å². The maximum absolute atomic E-state index is 12.1. The average Bonchev–Trinajstić information content (AvgIpc) is 3.08. The Morgan fingerprint density at radius 1 is 1.29 bits per heavy atom. The molecule has 2 heterocycles. The molecule has 0 atom stereocenters. The van der Waals surface area contributed by atoms with Gasteiger partial charge in [0.15, 0.2) is 11.0 Å². The summed E-state index contributed by atoms with van der Waals surface area (Å²) in [6, 6.07) is 7.43. The van der Waals surface area contributed by atoms with Crippen LogP contribution in [0.2, 0.25) is 0 Å². The molecule has 5 nitrogen and oxygen atoms in total. The minimum atomic E-state index is -0.157. The lowest BCUT2D eigenvalue weighted by Gasteiger charge is -2.02. The van der Waals surface area contributed by atoms with Gasteiger partial charge in [-0.15, -0.1) is 11.3 Å². The Labute approximate surface area is 126 Å². The molecule has 1 N–H and O–H groups in total. The number of carbonyl (C=O) groups is 1. The molecule has 0 saturated heterocycles. The van der Waals surface area contributed by atoms with Crippen molar-refractivity contribution in [3.63, 3.8) is 0 Å². The smallest absolute Gasteiger partial charge is 0.257 e. The topological polar surface area (TPSA) is 59.8 Å². The SMILES string of the molecule is Cc1ccc(C(=O)Nc2nc(-c3nccn3C)cs2)cc1. The van der Waals surface area contributed by atoms with Crippen molar-refractivity contribution in [3.8, 4) is 11.5 Å². The first-order chi connectivity index (χ1) is 10.1. The monoisotopic (exact) mass is 298 g/mol. The standard InChI is InChI=1S/C15H14N4OS/c1-10-3-5-11(6-4-10)14(20)18-15-17-12(9-21-15)13-16-7-8-19(13)2/h3-9H,1-2H3,(H,17,18,20). The van der Waals surface area contributed by atoms with E-state index in [4.69, 9.17) is 0 Å². The molecule has 0 saturated carbocycles. The molecule has 0 aliphatic rings. The van der Waals surface area contributed by atoms with E-state index in [1.54, 1.807) is 18.3 Å². The van der Waals surface area contributed by atoms with E-state index in [0.717, 1.165) is 17.1 Å². The van der Waals surface area contributed by atoms with E-state index in [1.807, 2.05) is 42.2 Å². The summed E-state index contributed by atoms with van der Waals surface area (Å²) in [6.07, 6.45) is 3.58. The fraction of sp³-hybridized carbons (Fsp3) is 0.133. The van der Waals surface area contributed by atoms with Crippen LogP contribution in [-0.4, -0.2) is 20.4 Å². The molecule has 3 rings (SSSR count). The highest BCUT2D eigenvalue weighted by molar-refractivity contribution is 7.14. The predicted octanol–water partition coefficient (Wildman–Crippen LogP) is 3.10. The van der Waals surface area contributed by atoms with Gasteiger partial charge < -0.3 is 4.57 Å². The average molecular weight is 298 g/mol. The van der Waals surface area contributed by atoms with E-state index >= 15 is 0 Å². The summed E-state index contributed by atoms with van der Waals surface area (Å²) in [4.78, 5) is 20.8. The molecule has 3 aromatic rings. The summed E-state index contributed by atoms with van der Waals surface area (Å²) in [5, 5.41) is 5.26. The molecule has 0 bridgehead atoms. The van der Waals surface area contributed by atoms with Gasteiger partial charge in [0.2, 0.25) is 0 Å². The second-order valence-electron chi connectivity index (χ2n) is 4.72. The van der Waals surface area contributed by atoms with Gasteiger partial charge >= 0.3 is 0 Å². The molecular formula is C15H14N4OS. The number of imidazole rings is 1. The number of carbonyl (C=O) groups excluding carboxylic acids is 1. The third-order valence-corrected chi connectivity index (χ3v) is 3.85. The van der Waals surface area contributed by atoms with Crippen molar-refractivity contribution in [2.75, 3.05) is 5.32 Å². The number of amides is 1. The van der Waals surface area contributed by atoms with E-state index in [0.29, 0.717) is 10.7 Å². The molecule has 2 aromatic heterocycles. The summed E-state index contributed by atoms with van der Waals surface area (Å²) in [6.45, 7) is 1.99. The third kappa shape index (κ3) is 2.85. The minimum Gasteiger partial charge on any atom is -0.333 e. The first-order valence-electron chi connectivity index (χ1n) is 6.45. The van der Waals surface area contributed by atoms with E-state index in [9.17, 15) is 4.79 Å². The molecular weight excluding hydrogens is 284 g/mol. The zero-order valence-corrected chi connectivity index (χ0v) is 12.5. The number of thiazole rings is 1. The van der Waals surface area contributed by atoms with Crippen molar-refractivity contribution in [2.45, 2.75) is 6.92 Å². The lowest BCUT2D eigenvalue weighted by Crippen LogP contribution is -2.11. The van der Waals surface area contributed by atoms with E-state index in [2.05, 4.69) is 15.3 Å². The molecule has 0 aliphatic heterocycles. The second kappa shape index (κ2) is 5.49. The van der Waals surface area contributed by atoms with Crippen LogP contribution in [0.25, 0.3) is 11.5 Å². The van der Waals surface area contributed by atoms with Gasteiger partial charge in [-0.25, -0.2) is 9.97 Å². The quantitative estimate of drug-likeness (QED) is 0.808. The zero-order chi connectivity index (χ0) is 14.8. The van der Waals surface area contributed by atoms with Crippen LogP contribution in [0.15, 0.2) is 42.0 Å². The number of hydrogen-bond donors (Lipinski definition) is 1. The Hall–Kier alpha value is -2.47. The van der Waals surface area contributed by atoms with Crippen molar-refractivity contribution in [2.24, 2.45) is 7.05 Å². The summed E-state index contributed by atoms with van der Waals surface area (Å²) >= 11 is 1.39. The molecule has 1 amide bonds. The number of nitrogens with one attached hydrogen (secondary N) is 1. The number of hydrogen-bond acceptors (Lipinski definition) is 4. The zero-order valence-electron chi connectivity index (χ0n) is 11.7. The number of benzene rings is 1. The largest absolute Gasteiger partial charge is 0.333 e. The summed E-state index contributed by atoms with van der Waals surface area (Å²) in [5.74, 6) is 0.623. The van der Waals surface area contributed by atoms with Gasteiger partial charge in [-0.3, -0.25) is 10.1 Å². The lowest BCUT2D eigenvalue weighted by molar-refractivity contribution is 0.102. The minimum absolute atomic E-state index is 0.157. The van der Waals surface area contributed by atoms with Crippen molar-refractivity contribution in [3.05, 3.63) is 53.2 Å². The van der Waals surface area contributed by atoms with Gasteiger partial charge in [-0.1, -0.05) is 17.7 Å². The lowest BCUT2D eigenvalue weighted by atomic mass is 10.1. The van der Waals surface area contributed by atoms with Gasteiger partial charge in [-0.2, -0.15) is 0 Å².